The van der Waals surface area contributed by atoms with Gasteiger partial charge in [-0.1, -0.05) is 79.3 Å². The summed E-state index contributed by atoms with van der Waals surface area (Å²) in [5.74, 6) is -6.00. The Kier molecular flexibility index (Phi) is 31.7. The molecule has 0 spiro atoms. The van der Waals surface area contributed by atoms with E-state index < -0.39 is 135 Å². The lowest BCUT2D eigenvalue weighted by atomic mass is 9.94. The van der Waals surface area contributed by atoms with Gasteiger partial charge in [-0.15, -0.1) is 45.3 Å². The summed E-state index contributed by atoms with van der Waals surface area (Å²) in [5, 5.41) is 9.49. The zero-order valence-corrected chi connectivity index (χ0v) is 82.1. The second kappa shape index (κ2) is 42.2. The number of alkyl halides is 2. The van der Waals surface area contributed by atoms with Crippen LogP contribution in [-0.2, 0) is 78.2 Å². The topological polar surface area (TPSA) is 404 Å². The Balaban J connectivity index is 0.000000143. The number of hydrogen-bond donors (Lipinski definition) is 4. The quantitative estimate of drug-likeness (QED) is 0.0211. The van der Waals surface area contributed by atoms with Crippen LogP contribution in [0.25, 0.3) is 0 Å². The number of aromatic nitrogens is 4. The van der Waals surface area contributed by atoms with Crippen LogP contribution >= 0.6 is 100 Å². The number of carbonyl (C=O) groups is 4. The van der Waals surface area contributed by atoms with Gasteiger partial charge in [-0.25, -0.2) is 109 Å². The zero-order valence-electron chi connectivity index (χ0n) is 70.9. The molecule has 8 aromatic rings. The van der Waals surface area contributed by atoms with E-state index in [4.69, 9.17) is 62.1 Å². The lowest BCUT2D eigenvalue weighted by Gasteiger charge is -2.32. The lowest BCUT2D eigenvalue weighted by molar-refractivity contribution is -0.140. The fraction of sp³-hybridized carbons (Fsp3) is 0.373. The smallest absolute Gasteiger partial charge is 0.350 e. The number of rotatable bonds is 27. The van der Waals surface area contributed by atoms with E-state index >= 15 is 0 Å². The average molecular weight is 2160 g/mol. The van der Waals surface area contributed by atoms with E-state index in [0.717, 1.165) is 30.3 Å². The third-order valence-electron chi connectivity index (χ3n) is 21.5. The Hall–Kier alpha value is -9.12. The van der Waals surface area contributed by atoms with E-state index in [1.807, 2.05) is 15.0 Å². The van der Waals surface area contributed by atoms with Gasteiger partial charge < -0.3 is 38.5 Å². The summed E-state index contributed by atoms with van der Waals surface area (Å²) in [6.07, 6.45) is 11.0. The number of carbonyl (C=O) groups excluding carboxylic acids is 4. The van der Waals surface area contributed by atoms with E-state index in [2.05, 4.69) is 66.0 Å². The molecule has 8 atom stereocenters. The highest BCUT2D eigenvalue weighted by atomic mass is 79.9. The number of ether oxygens (including phenoxy) is 4. The third-order valence-corrected chi connectivity index (χ3v) is 31.2. The van der Waals surface area contributed by atoms with Crippen LogP contribution in [0.5, 0.6) is 0 Å². The summed E-state index contributed by atoms with van der Waals surface area (Å²) in [6, 6.07) is 10.8. The van der Waals surface area contributed by atoms with Crippen LogP contribution in [0.15, 0.2) is 193 Å². The second-order valence-electron chi connectivity index (χ2n) is 30.8. The molecule has 17 rings (SSSR count). The first-order valence-corrected chi connectivity index (χ1v) is 53.6. The molecule has 12 heterocycles. The molecule has 708 valence electrons. The van der Waals surface area contributed by atoms with E-state index in [-0.39, 0.29) is 110 Å². The van der Waals surface area contributed by atoms with Crippen molar-refractivity contribution in [2.75, 3.05) is 71.7 Å². The second-order valence-corrected chi connectivity index (χ2v) is 44.2. The number of thiazole rings is 4. The molecule has 9 aliphatic rings. The van der Waals surface area contributed by atoms with Crippen molar-refractivity contribution in [3.8, 4) is 0 Å². The predicted molar refractivity (Wildman–Crippen MR) is 495 cm³/mol. The number of sulfonamides is 4. The van der Waals surface area contributed by atoms with E-state index in [0.29, 0.717) is 123 Å². The molecule has 4 N–H and O–H groups in total. The molecule has 0 amide bonds. The van der Waals surface area contributed by atoms with Crippen LogP contribution in [0.4, 0.5) is 26.3 Å². The van der Waals surface area contributed by atoms with E-state index in [9.17, 15) is 79.2 Å². The van der Waals surface area contributed by atoms with Crippen LogP contribution in [0, 0.1) is 29.2 Å². The monoisotopic (exact) mass is 2160 g/mol. The molecule has 32 nitrogen and oxygen atoms in total. The minimum Gasteiger partial charge on any atom is -0.463 e. The predicted octanol–water partition coefficient (Wildman–Crippen LogP) is 13.1. The number of benzene rings is 4. The number of hydrogen-bond acceptors (Lipinski definition) is 32. The van der Waals surface area contributed by atoms with E-state index in [1.165, 1.54) is 99.9 Å². The fourth-order valence-corrected chi connectivity index (χ4v) is 24.1. The first-order chi connectivity index (χ1) is 63.2. The third kappa shape index (κ3) is 23.1. The zero-order chi connectivity index (χ0) is 95.4. The SMILES string of the molecule is CCOC(=O)C1=C2C[C@@H](CNS(=O)(=O)C3CC3)CN2C(c2nccs2)=N[C@H]1c1ccc(F)cc1Br.CCOC(=O)C1=C2C[C@@H](NS(C)(=O)=O)CN2C(c2nccs2)=N[C@H]1c1ccc(F)cc1Cl.CCOC(=O)C1=C2C[C@H](NS(=O)(=O)C(F)F)CN2C(c2nccs2)=N[C@H]1c1ccc(F)cc1Br.CCOC(=O)C1=C2C[C@H](NS(C)(=O)=O)CN2C(c2nccs2)=N[C@H]1c1ccc(F)cc1Cl. The van der Waals surface area contributed by atoms with Gasteiger partial charge in [0.25, 0.3) is 10.0 Å². The Morgan fingerprint density at radius 2 is 0.737 bits per heavy atom. The summed E-state index contributed by atoms with van der Waals surface area (Å²) >= 11 is 24.9. The van der Waals surface area contributed by atoms with Gasteiger partial charge in [0.1, 0.15) is 47.4 Å². The molecule has 4 aromatic heterocycles. The summed E-state index contributed by atoms with van der Waals surface area (Å²) in [5.41, 5.74) is 5.26. The number of esters is 4. The van der Waals surface area contributed by atoms with Gasteiger partial charge >= 0.3 is 29.6 Å². The number of fused-ring (bicyclic) bond motifs is 4. The molecule has 133 heavy (non-hydrogen) atoms. The first kappa shape index (κ1) is 99.8. The maximum Gasteiger partial charge on any atom is 0.350 e. The van der Waals surface area contributed by atoms with Crippen LogP contribution < -0.4 is 18.9 Å². The number of nitrogens with zero attached hydrogens (tertiary/aromatic N) is 12. The molecule has 0 bridgehead atoms. The van der Waals surface area contributed by atoms with Crippen LogP contribution in [0.2, 0.25) is 10.0 Å². The number of amidine groups is 4. The molecular formula is C83H82Br2Cl2F6N16O16S8. The van der Waals surface area contributed by atoms with Crippen molar-refractivity contribution >= 4 is 188 Å². The average Bonchev–Trinajstić information content (AvgIpc) is 1.64. The van der Waals surface area contributed by atoms with Gasteiger partial charge in [-0.3, -0.25) is 20.0 Å². The minimum absolute atomic E-state index is 0.0418. The van der Waals surface area contributed by atoms with Crippen molar-refractivity contribution < 1.29 is 98.1 Å². The number of halogens is 10. The molecule has 8 aliphatic heterocycles. The maximum absolute atomic E-state index is 13.9. The van der Waals surface area contributed by atoms with Gasteiger partial charge in [0.15, 0.2) is 43.4 Å². The Morgan fingerprint density at radius 1 is 0.444 bits per heavy atom. The normalized spacial score (nSPS) is 21.2. The first-order valence-electron chi connectivity index (χ1n) is 40.9. The van der Waals surface area contributed by atoms with Gasteiger partial charge in [-0.2, -0.15) is 8.78 Å². The number of nitrogens with one attached hydrogen (secondary N) is 4. The molecule has 1 aliphatic carbocycles. The van der Waals surface area contributed by atoms with Gasteiger partial charge in [0, 0.05) is 169 Å². The Morgan fingerprint density at radius 3 is 1.02 bits per heavy atom. The van der Waals surface area contributed by atoms with Crippen LogP contribution in [0.3, 0.4) is 0 Å². The highest BCUT2D eigenvalue weighted by Gasteiger charge is 2.50. The summed E-state index contributed by atoms with van der Waals surface area (Å²) in [4.78, 5) is 96.2. The maximum atomic E-state index is 13.9. The summed E-state index contributed by atoms with van der Waals surface area (Å²) in [6.45, 7) is 8.56. The molecule has 0 unspecified atom stereocenters. The van der Waals surface area contributed by atoms with Gasteiger partial charge in [0.05, 0.1) is 66.5 Å². The molecule has 4 saturated heterocycles. The fourth-order valence-electron chi connectivity index (χ4n) is 16.1. The Bertz CT molecular complexity index is 6370. The number of aliphatic imine (C=N–C) groups is 4. The summed E-state index contributed by atoms with van der Waals surface area (Å²) in [7, 11) is -15.2. The van der Waals surface area contributed by atoms with Gasteiger partial charge in [0.2, 0.25) is 30.1 Å². The molecule has 1 saturated carbocycles. The van der Waals surface area contributed by atoms with Gasteiger partial charge in [-0.05, 0) is 113 Å². The van der Waals surface area contributed by atoms with Crippen molar-refractivity contribution in [1.82, 2.24) is 58.4 Å². The van der Waals surface area contributed by atoms with Crippen molar-refractivity contribution in [2.45, 2.75) is 120 Å². The molecule has 0 radical (unpaired) electrons. The van der Waals surface area contributed by atoms with Crippen molar-refractivity contribution in [1.29, 1.82) is 0 Å². The van der Waals surface area contributed by atoms with Crippen molar-refractivity contribution in [3.05, 3.63) is 249 Å². The Labute approximate surface area is 803 Å². The number of allylic oxidation sites excluding steroid dienone is 1. The van der Waals surface area contributed by atoms with Crippen molar-refractivity contribution in [3.63, 3.8) is 0 Å². The minimum atomic E-state index is -4.87. The lowest BCUT2D eigenvalue weighted by Crippen LogP contribution is -2.41. The molecule has 4 aromatic carbocycles. The highest BCUT2D eigenvalue weighted by Crippen LogP contribution is 2.49. The van der Waals surface area contributed by atoms with Crippen LogP contribution in [-0.4, -0.2) is 221 Å². The highest BCUT2D eigenvalue weighted by molar-refractivity contribution is 9.10. The molecular weight excluding hydrogens is 2080 g/mol. The largest absolute Gasteiger partial charge is 0.463 e. The van der Waals surface area contributed by atoms with E-state index in [1.54, 1.807) is 89.4 Å². The molecule has 5 fully saturated rings. The standard InChI is InChI=1S/C23H24BrFN4O4S2.C20H18BrF3N4O4S2.2C20H20ClFN4O4S2/c1-2-33-23(30)19-18-9-13(11-27-35(31,32)15-4-5-15)12-29(18)21(22-26-7-8-34-22)28-20(19)16-6-3-14(25)10-17(16)24;1-2-32-19(29)15-14-8-11(27-34(30,31)20(23)24)9-28(14)17(18-25-5-6-33-18)26-16(15)12-4-3-10(22)7-13(12)21;2*1-3-30-20(27)16-15-9-12(25-32(2,28)29)10-26(15)18(19-23-6-7-31-19)24-17(16)13-5-4-11(22)8-14(13)21/h3,6-8,10,13,15,20,27H,2,4-5,9,11-12H2,1H3;3-7,11,16,20,27H,2,8-9H2,1H3;2*4-8,12,17,25H,3,9-10H2,1-2H3/t13-,20-;11-,16-;12-,17+;12-,17-/m0010/s1. The molecule has 50 heteroatoms. The van der Waals surface area contributed by atoms with Crippen molar-refractivity contribution in [2.24, 2.45) is 25.9 Å². The van der Waals surface area contributed by atoms with Crippen LogP contribution in [0.1, 0.15) is 133 Å². The summed E-state index contributed by atoms with van der Waals surface area (Å²) < 4.78 is 209.